The van der Waals surface area contributed by atoms with Crippen LogP contribution in [0.5, 0.6) is 0 Å². The van der Waals surface area contributed by atoms with E-state index in [-0.39, 0.29) is 66.8 Å². The summed E-state index contributed by atoms with van der Waals surface area (Å²) in [5.74, 6) is 0. The molecule has 15 heteroatoms. The van der Waals surface area contributed by atoms with Gasteiger partial charge in [0.1, 0.15) is 0 Å². The van der Waals surface area contributed by atoms with Gasteiger partial charge in [-0.2, -0.15) is 65.8 Å². The monoisotopic (exact) mass is 1180 g/mol. The number of fused-ring (bicyclic) bond motifs is 6. The van der Waals surface area contributed by atoms with Crippen LogP contribution in [0.1, 0.15) is 61.2 Å². The first-order chi connectivity index (χ1) is 44.7. The van der Waals surface area contributed by atoms with Gasteiger partial charge in [-0.05, 0) is 207 Å². The molecule has 0 saturated heterocycles. The summed E-state index contributed by atoms with van der Waals surface area (Å²) in [6, 6.07) is 76.6. The van der Waals surface area contributed by atoms with Crippen LogP contribution in [-0.4, -0.2) is 9.13 Å². The van der Waals surface area contributed by atoms with Crippen molar-refractivity contribution in [2.24, 2.45) is 0 Å². The highest BCUT2D eigenvalue weighted by atomic mass is 19.4. The van der Waals surface area contributed by atoms with Crippen molar-refractivity contribution in [1.29, 1.82) is 52.6 Å². The van der Waals surface area contributed by atoms with Gasteiger partial charge in [0, 0.05) is 32.7 Å². The second-order valence-corrected chi connectivity index (χ2v) is 21.6. The molecule has 2 aromatic heterocycles. The van der Waals surface area contributed by atoms with E-state index in [9.17, 15) is 52.6 Å². The minimum Gasteiger partial charge on any atom is -0.309 e. The number of halogens is 3. The summed E-state index contributed by atoms with van der Waals surface area (Å²) in [6.45, 7) is 0. The largest absolute Gasteiger partial charge is 0.417 e. The molecule has 0 aliphatic carbocycles. The number of hydrogen-bond donors (Lipinski definition) is 0. The fourth-order valence-electron chi connectivity index (χ4n) is 12.2. The molecule has 0 saturated carbocycles. The molecule has 0 amide bonds. The SMILES string of the molecule is N#Cc1cc(C#N)cc(-c2ccc3c(c2)c2cc(-c4cc(C#N)cc(C#N)c4)ccc2n3-c2cc(C#N)ccc2-c2ccc(-c3ccc(C#N)cc3C(F)(F)F)cc2-n2c3ccc(-c4cc(C#N)cc(C#N)c4)cc3c3cc(-c4cc(C#N)cc(C#N)c4)ccc32)c1. The number of nitrogens with zero attached hydrogens (tertiary/aromatic N) is 12. The first-order valence-electron chi connectivity index (χ1n) is 28.0. The van der Waals surface area contributed by atoms with Gasteiger partial charge in [0.15, 0.2) is 0 Å². The Hall–Kier alpha value is -14.3. The highest BCUT2D eigenvalue weighted by molar-refractivity contribution is 6.14. The summed E-state index contributed by atoms with van der Waals surface area (Å²) in [5, 5.41) is 104. The van der Waals surface area contributed by atoms with Crippen LogP contribution in [0.2, 0.25) is 0 Å². The Bertz CT molecular complexity index is 5510. The zero-order chi connectivity index (χ0) is 64.1. The van der Waals surface area contributed by atoms with Gasteiger partial charge in [-0.15, -0.1) is 0 Å². The summed E-state index contributed by atoms with van der Waals surface area (Å²) in [7, 11) is 0. The van der Waals surface area contributed by atoms with Crippen LogP contribution in [0.3, 0.4) is 0 Å². The minimum absolute atomic E-state index is 0.130. The summed E-state index contributed by atoms with van der Waals surface area (Å²) in [4.78, 5) is 0. The van der Waals surface area contributed by atoms with E-state index >= 15 is 13.2 Å². The molecular weight excluding hydrogens is 1150 g/mol. The molecule has 0 aliphatic rings. The lowest BCUT2D eigenvalue weighted by atomic mass is 9.93. The van der Waals surface area contributed by atoms with Gasteiger partial charge < -0.3 is 9.13 Å². The second-order valence-electron chi connectivity index (χ2n) is 21.6. The smallest absolute Gasteiger partial charge is 0.309 e. The van der Waals surface area contributed by atoms with Crippen LogP contribution >= 0.6 is 0 Å². The highest BCUT2D eigenvalue weighted by Gasteiger charge is 2.35. The molecule has 0 bridgehead atoms. The molecule has 92 heavy (non-hydrogen) atoms. The first kappa shape index (κ1) is 56.8. The van der Waals surface area contributed by atoms with Gasteiger partial charge in [0.25, 0.3) is 0 Å². The van der Waals surface area contributed by atoms with Crippen molar-refractivity contribution in [3.8, 4) is 139 Å². The Morgan fingerprint density at radius 2 is 0.489 bits per heavy atom. The van der Waals surface area contributed by atoms with E-state index in [0.717, 1.165) is 6.07 Å². The average molecular weight is 1180 g/mol. The van der Waals surface area contributed by atoms with Crippen LogP contribution < -0.4 is 0 Å². The Kier molecular flexibility index (Phi) is 13.9. The Morgan fingerprint density at radius 1 is 0.228 bits per heavy atom. The van der Waals surface area contributed by atoms with Crippen molar-refractivity contribution in [2.45, 2.75) is 6.18 Å². The van der Waals surface area contributed by atoms with Crippen molar-refractivity contribution in [1.82, 2.24) is 9.13 Å². The van der Waals surface area contributed by atoms with Crippen molar-refractivity contribution >= 4 is 43.6 Å². The van der Waals surface area contributed by atoms with Crippen LogP contribution in [0, 0.1) is 113 Å². The van der Waals surface area contributed by atoms with Gasteiger partial charge in [-0.3, -0.25) is 0 Å². The van der Waals surface area contributed by atoms with E-state index in [4.69, 9.17) is 0 Å². The Balaban J connectivity index is 1.14. The zero-order valence-electron chi connectivity index (χ0n) is 47.6. The second kappa shape index (κ2) is 22.5. The van der Waals surface area contributed by atoms with E-state index < -0.39 is 11.7 Å². The Morgan fingerprint density at radius 3 is 0.783 bits per heavy atom. The molecule has 13 rings (SSSR count). The zero-order valence-corrected chi connectivity index (χ0v) is 47.6. The van der Waals surface area contributed by atoms with Crippen molar-refractivity contribution < 1.29 is 13.2 Å². The average Bonchev–Trinajstić information content (AvgIpc) is 1.59. The Labute approximate surface area is 522 Å². The number of alkyl halides is 3. The molecule has 0 atom stereocenters. The van der Waals surface area contributed by atoms with E-state index in [0.29, 0.717) is 111 Å². The maximum atomic E-state index is 15.4. The lowest BCUT2D eigenvalue weighted by Crippen LogP contribution is -2.08. The number of nitriles is 10. The predicted octanol–water partition coefficient (Wildman–Crippen LogP) is 17.6. The molecule has 0 spiro atoms. The summed E-state index contributed by atoms with van der Waals surface area (Å²) < 4.78 is 50.0. The fraction of sp³-hybridized carbons (Fsp3) is 0.0130. The van der Waals surface area contributed by atoms with Crippen molar-refractivity contribution in [3.05, 3.63) is 261 Å². The van der Waals surface area contributed by atoms with Gasteiger partial charge >= 0.3 is 6.18 Å². The van der Waals surface area contributed by atoms with Gasteiger partial charge in [-0.25, -0.2) is 0 Å². The van der Waals surface area contributed by atoms with E-state index in [1.54, 1.807) is 84.9 Å². The molecule has 0 aliphatic heterocycles. The van der Waals surface area contributed by atoms with Gasteiger partial charge in [0.05, 0.1) is 155 Å². The van der Waals surface area contributed by atoms with Crippen LogP contribution in [0.25, 0.3) is 122 Å². The third-order valence-corrected chi connectivity index (χ3v) is 16.3. The summed E-state index contributed by atoms with van der Waals surface area (Å²) in [5.41, 5.74) is 10.0. The highest BCUT2D eigenvalue weighted by Crippen LogP contribution is 2.47. The fourth-order valence-corrected chi connectivity index (χ4v) is 12.2. The van der Waals surface area contributed by atoms with Crippen molar-refractivity contribution in [3.63, 3.8) is 0 Å². The summed E-state index contributed by atoms with van der Waals surface area (Å²) in [6.07, 6.45) is -4.91. The molecule has 2 heterocycles. The van der Waals surface area contributed by atoms with E-state index in [1.807, 2.05) is 88.0 Å². The molecule has 13 aromatic rings. The molecule has 12 nitrogen and oxygen atoms in total. The molecule has 0 unspecified atom stereocenters. The van der Waals surface area contributed by atoms with Gasteiger partial charge in [-0.1, -0.05) is 48.5 Å². The maximum Gasteiger partial charge on any atom is 0.417 e. The standard InChI is InChI=1S/C77H33F3N12/c78-77(79,80)70-27-44(34-81)1-8-63(70)58-3-10-65(76(33-58)92-73-13-6-56(61-23-50(40-87)17-51(24-61)41-88)31-68(73)69-32-57(7-14-74(69)92)62-25-52(42-89)18-53(26-62)43-90)64-9-2-45(35-82)28-75(64)91-71-11-4-54(59-19-46(36-83)15-47(20-59)37-84)29-66(71)67-30-55(5-12-72(67)91)60-21-48(38-85)16-49(22-60)39-86/h1-33H. The summed E-state index contributed by atoms with van der Waals surface area (Å²) >= 11 is 0. The molecule has 0 radical (unpaired) electrons. The molecular formula is C77H33F3N12. The van der Waals surface area contributed by atoms with Crippen LogP contribution in [-0.2, 0) is 6.18 Å². The number of benzene rings is 11. The first-order valence-corrected chi connectivity index (χ1v) is 28.0. The van der Waals surface area contributed by atoms with E-state index in [2.05, 4.69) is 54.6 Å². The van der Waals surface area contributed by atoms with Crippen LogP contribution in [0.15, 0.2) is 200 Å². The molecule has 422 valence electrons. The third kappa shape index (κ3) is 9.89. The minimum atomic E-state index is -4.91. The number of aromatic nitrogens is 2. The van der Waals surface area contributed by atoms with Crippen molar-refractivity contribution in [2.75, 3.05) is 0 Å². The number of hydrogen-bond acceptors (Lipinski definition) is 10. The lowest BCUT2D eigenvalue weighted by molar-refractivity contribution is -0.137. The normalized spacial score (nSPS) is 10.9. The van der Waals surface area contributed by atoms with Crippen LogP contribution in [0.4, 0.5) is 13.2 Å². The molecule has 0 fully saturated rings. The lowest BCUT2D eigenvalue weighted by Gasteiger charge is -2.21. The maximum absolute atomic E-state index is 15.4. The third-order valence-electron chi connectivity index (χ3n) is 16.3. The number of rotatable bonds is 8. The predicted molar refractivity (Wildman–Crippen MR) is 340 cm³/mol. The quantitative estimate of drug-likeness (QED) is 0.139. The van der Waals surface area contributed by atoms with E-state index in [1.165, 1.54) is 36.4 Å². The topological polar surface area (TPSA) is 248 Å². The van der Waals surface area contributed by atoms with Gasteiger partial charge in [0.2, 0.25) is 0 Å². The molecule has 0 N–H and O–H groups in total. The molecule has 11 aromatic carbocycles.